The van der Waals surface area contributed by atoms with Gasteiger partial charge in [-0.25, -0.2) is 4.98 Å². The molecule has 0 saturated carbocycles. The van der Waals surface area contributed by atoms with E-state index in [1.807, 2.05) is 69.3 Å². The zero-order valence-electron chi connectivity index (χ0n) is 16.4. The Morgan fingerprint density at radius 1 is 1.07 bits per heavy atom. The Hall–Kier alpha value is -2.76. The zero-order valence-corrected chi connectivity index (χ0v) is 18.0. The topological polar surface area (TPSA) is 46.1 Å². The molecular formula is C23H20ClN3OS. The van der Waals surface area contributed by atoms with E-state index in [0.717, 1.165) is 32.6 Å². The van der Waals surface area contributed by atoms with E-state index in [1.165, 1.54) is 11.3 Å². The maximum Gasteiger partial charge on any atom is 0.260 e. The summed E-state index contributed by atoms with van der Waals surface area (Å²) in [6.07, 6.45) is 1.73. The van der Waals surface area contributed by atoms with Gasteiger partial charge in [-0.15, -0.1) is 0 Å². The highest BCUT2D eigenvalue weighted by molar-refractivity contribution is 7.22. The van der Waals surface area contributed by atoms with Crippen LogP contribution in [-0.4, -0.2) is 15.9 Å². The van der Waals surface area contributed by atoms with Crippen LogP contribution >= 0.6 is 22.9 Å². The number of amides is 1. The van der Waals surface area contributed by atoms with Crippen LogP contribution in [0.25, 0.3) is 10.2 Å². The van der Waals surface area contributed by atoms with Crippen LogP contribution in [0.2, 0.25) is 5.02 Å². The second-order valence-electron chi connectivity index (χ2n) is 7.10. The van der Waals surface area contributed by atoms with Crippen molar-refractivity contribution in [3.05, 3.63) is 87.7 Å². The number of aromatic nitrogens is 2. The average Bonchev–Trinajstić information content (AvgIpc) is 3.10. The van der Waals surface area contributed by atoms with Gasteiger partial charge in [-0.05, 0) is 62.2 Å². The third-order valence-electron chi connectivity index (χ3n) is 4.77. The molecule has 0 aliphatic carbocycles. The fourth-order valence-electron chi connectivity index (χ4n) is 3.34. The molecule has 0 saturated heterocycles. The van der Waals surface area contributed by atoms with Crippen molar-refractivity contribution in [1.29, 1.82) is 0 Å². The van der Waals surface area contributed by atoms with Gasteiger partial charge in [0.05, 0.1) is 22.5 Å². The molecular weight excluding hydrogens is 402 g/mol. The number of thiazole rings is 1. The second-order valence-corrected chi connectivity index (χ2v) is 8.54. The standard InChI is InChI=1S/C23H20ClN3OS/c1-14-7-8-19(15(2)10-14)22(28)27(13-18-6-4-5-9-25-18)23-26-21-16(3)11-17(24)12-20(21)29-23/h4-12H,13H2,1-3H3. The van der Waals surface area contributed by atoms with Crippen molar-refractivity contribution in [2.24, 2.45) is 0 Å². The van der Waals surface area contributed by atoms with Crippen molar-refractivity contribution in [2.45, 2.75) is 27.3 Å². The first-order chi connectivity index (χ1) is 13.9. The molecule has 4 aromatic rings. The van der Waals surface area contributed by atoms with Crippen LogP contribution in [-0.2, 0) is 6.54 Å². The highest BCUT2D eigenvalue weighted by atomic mass is 35.5. The molecule has 0 spiro atoms. The summed E-state index contributed by atoms with van der Waals surface area (Å²) in [7, 11) is 0. The second kappa shape index (κ2) is 7.93. The molecule has 0 aliphatic heterocycles. The molecule has 0 fully saturated rings. The van der Waals surface area contributed by atoms with E-state index in [0.29, 0.717) is 22.3 Å². The van der Waals surface area contributed by atoms with E-state index >= 15 is 0 Å². The molecule has 0 radical (unpaired) electrons. The molecule has 2 aromatic heterocycles. The monoisotopic (exact) mass is 421 g/mol. The molecule has 4 nitrogen and oxygen atoms in total. The molecule has 29 heavy (non-hydrogen) atoms. The predicted octanol–water partition coefficient (Wildman–Crippen LogP) is 6.12. The van der Waals surface area contributed by atoms with Crippen LogP contribution in [0.5, 0.6) is 0 Å². The lowest BCUT2D eigenvalue weighted by Gasteiger charge is -2.20. The predicted molar refractivity (Wildman–Crippen MR) is 120 cm³/mol. The lowest BCUT2D eigenvalue weighted by Crippen LogP contribution is -2.31. The Labute approximate surface area is 178 Å². The number of anilines is 1. The van der Waals surface area contributed by atoms with Gasteiger partial charge in [-0.1, -0.05) is 46.7 Å². The van der Waals surface area contributed by atoms with Crippen LogP contribution in [0, 0.1) is 20.8 Å². The summed E-state index contributed by atoms with van der Waals surface area (Å²) in [5, 5.41) is 1.31. The number of halogens is 1. The SMILES string of the molecule is Cc1ccc(C(=O)N(Cc2ccccn2)c2nc3c(C)cc(Cl)cc3s2)c(C)c1. The van der Waals surface area contributed by atoms with Crippen molar-refractivity contribution < 1.29 is 4.79 Å². The van der Waals surface area contributed by atoms with E-state index in [9.17, 15) is 4.79 Å². The molecule has 2 heterocycles. The molecule has 4 rings (SSSR count). The summed E-state index contributed by atoms with van der Waals surface area (Å²) in [4.78, 5) is 24.4. The Bertz CT molecular complexity index is 1200. The minimum Gasteiger partial charge on any atom is -0.278 e. The molecule has 0 atom stereocenters. The number of carbonyl (C=O) groups is 1. The summed E-state index contributed by atoms with van der Waals surface area (Å²) in [6.45, 7) is 6.31. The summed E-state index contributed by atoms with van der Waals surface area (Å²) < 4.78 is 0.962. The number of rotatable bonds is 4. The Kier molecular flexibility index (Phi) is 5.35. The highest BCUT2D eigenvalue weighted by Gasteiger charge is 2.24. The smallest absolute Gasteiger partial charge is 0.260 e. The van der Waals surface area contributed by atoms with Crippen molar-refractivity contribution in [3.8, 4) is 0 Å². The third-order valence-corrected chi connectivity index (χ3v) is 6.02. The zero-order chi connectivity index (χ0) is 20.5. The minimum absolute atomic E-state index is 0.0871. The number of aryl methyl sites for hydroxylation is 3. The number of pyridine rings is 1. The van der Waals surface area contributed by atoms with E-state index in [2.05, 4.69) is 4.98 Å². The Morgan fingerprint density at radius 3 is 2.62 bits per heavy atom. The number of benzene rings is 2. The first-order valence-electron chi connectivity index (χ1n) is 9.28. The summed E-state index contributed by atoms with van der Waals surface area (Å²) in [6, 6.07) is 15.3. The molecule has 6 heteroatoms. The Balaban J connectivity index is 1.82. The van der Waals surface area contributed by atoms with Crippen molar-refractivity contribution in [3.63, 3.8) is 0 Å². The molecule has 0 aliphatic rings. The first-order valence-corrected chi connectivity index (χ1v) is 10.5. The molecule has 2 aromatic carbocycles. The van der Waals surface area contributed by atoms with E-state index in [-0.39, 0.29) is 5.91 Å². The molecule has 0 bridgehead atoms. The number of fused-ring (bicyclic) bond motifs is 1. The number of nitrogens with zero attached hydrogens (tertiary/aromatic N) is 3. The van der Waals surface area contributed by atoms with Crippen LogP contribution < -0.4 is 4.90 Å². The largest absolute Gasteiger partial charge is 0.278 e. The van der Waals surface area contributed by atoms with Crippen molar-refractivity contribution >= 4 is 44.2 Å². The summed E-state index contributed by atoms with van der Waals surface area (Å²) >= 11 is 7.69. The van der Waals surface area contributed by atoms with Crippen LogP contribution in [0.1, 0.15) is 32.7 Å². The summed E-state index contributed by atoms with van der Waals surface area (Å²) in [5.74, 6) is -0.0871. The first kappa shape index (κ1) is 19.6. The molecule has 0 unspecified atom stereocenters. The normalized spacial score (nSPS) is 11.0. The summed E-state index contributed by atoms with van der Waals surface area (Å²) in [5.41, 5.74) is 5.41. The van der Waals surface area contributed by atoms with Crippen LogP contribution in [0.3, 0.4) is 0 Å². The lowest BCUT2D eigenvalue weighted by molar-refractivity contribution is 0.0984. The average molecular weight is 422 g/mol. The fourth-order valence-corrected chi connectivity index (χ4v) is 4.75. The maximum atomic E-state index is 13.5. The van der Waals surface area contributed by atoms with Crippen LogP contribution in [0.15, 0.2) is 54.7 Å². The molecule has 1 amide bonds. The Morgan fingerprint density at radius 2 is 1.90 bits per heavy atom. The maximum absolute atomic E-state index is 13.5. The van der Waals surface area contributed by atoms with E-state index in [1.54, 1.807) is 11.1 Å². The van der Waals surface area contributed by atoms with Crippen molar-refractivity contribution in [1.82, 2.24) is 9.97 Å². The number of hydrogen-bond acceptors (Lipinski definition) is 4. The highest BCUT2D eigenvalue weighted by Crippen LogP contribution is 2.34. The van der Waals surface area contributed by atoms with Gasteiger partial charge in [-0.2, -0.15) is 0 Å². The fraction of sp³-hybridized carbons (Fsp3) is 0.174. The van der Waals surface area contributed by atoms with Gasteiger partial charge < -0.3 is 0 Å². The number of carbonyl (C=O) groups excluding carboxylic acids is 1. The van der Waals surface area contributed by atoms with Gasteiger partial charge in [0, 0.05) is 16.8 Å². The molecule has 0 N–H and O–H groups in total. The van der Waals surface area contributed by atoms with Crippen LogP contribution in [0.4, 0.5) is 5.13 Å². The van der Waals surface area contributed by atoms with Crippen molar-refractivity contribution in [2.75, 3.05) is 4.90 Å². The van der Waals surface area contributed by atoms with Gasteiger partial charge >= 0.3 is 0 Å². The molecule has 146 valence electrons. The van der Waals surface area contributed by atoms with E-state index < -0.39 is 0 Å². The third kappa shape index (κ3) is 4.02. The van der Waals surface area contributed by atoms with Gasteiger partial charge in [0.1, 0.15) is 0 Å². The van der Waals surface area contributed by atoms with Gasteiger partial charge in [0.25, 0.3) is 5.91 Å². The lowest BCUT2D eigenvalue weighted by atomic mass is 10.0. The minimum atomic E-state index is -0.0871. The van der Waals surface area contributed by atoms with Gasteiger partial charge in [0.15, 0.2) is 5.13 Å². The quantitative estimate of drug-likeness (QED) is 0.399. The van der Waals surface area contributed by atoms with Gasteiger partial charge in [-0.3, -0.25) is 14.7 Å². The number of hydrogen-bond donors (Lipinski definition) is 0. The van der Waals surface area contributed by atoms with Gasteiger partial charge in [0.2, 0.25) is 0 Å². The van der Waals surface area contributed by atoms with E-state index in [4.69, 9.17) is 16.6 Å².